The van der Waals surface area contributed by atoms with E-state index < -0.39 is 0 Å². The summed E-state index contributed by atoms with van der Waals surface area (Å²) < 4.78 is 25.0. The largest absolute Gasteiger partial charge is 0.494 e. The smallest absolute Gasteiger partial charge is 0.247 e. The van der Waals surface area contributed by atoms with E-state index in [0.717, 1.165) is 172 Å². The number of fused-ring (bicyclic) bond motifs is 5. The molecular weight excluding hydrogens is 1870 g/mol. The van der Waals surface area contributed by atoms with Crippen molar-refractivity contribution < 1.29 is 38.1 Å². The zero-order valence-corrected chi connectivity index (χ0v) is 86.8. The van der Waals surface area contributed by atoms with E-state index in [4.69, 9.17) is 48.9 Å². The Morgan fingerprint density at radius 3 is 1.02 bits per heavy atom. The zero-order valence-electron chi connectivity index (χ0n) is 86.8. The first-order chi connectivity index (χ1) is 71.4. The number of H-pyrrole nitrogens is 4. The van der Waals surface area contributed by atoms with Gasteiger partial charge in [0.25, 0.3) is 0 Å². The number of likely N-dealkylation sites (N-methyl/N-ethyl adjacent to an activating group) is 8. The van der Waals surface area contributed by atoms with Gasteiger partial charge in [0.2, 0.25) is 47.4 Å². The number of pyridine rings is 1. The minimum absolute atomic E-state index is 0.288. The molecule has 0 aliphatic heterocycles. The fourth-order valence-corrected chi connectivity index (χ4v) is 16.7. The van der Waals surface area contributed by atoms with Gasteiger partial charge in [0.15, 0.2) is 0 Å². The van der Waals surface area contributed by atoms with Crippen molar-refractivity contribution in [3.05, 3.63) is 245 Å². The highest BCUT2D eigenvalue weighted by molar-refractivity contribution is 6.07. The Balaban J connectivity index is 0.000000156. The van der Waals surface area contributed by atoms with Gasteiger partial charge < -0.3 is 125 Å². The molecule has 10 heterocycles. The van der Waals surface area contributed by atoms with Crippen LogP contribution in [0.15, 0.2) is 240 Å². The molecule has 0 spiro atoms. The minimum Gasteiger partial charge on any atom is -0.494 e. The zero-order chi connectivity index (χ0) is 105. The molecule has 0 saturated carbocycles. The molecule has 4 amide bonds. The van der Waals surface area contributed by atoms with Gasteiger partial charge in [-0.25, -0.2) is 19.9 Å². The number of methoxy groups -OCH3 is 4. The third-order valence-electron chi connectivity index (χ3n) is 24.6. The van der Waals surface area contributed by atoms with Crippen molar-refractivity contribution in [2.75, 3.05) is 228 Å². The standard InChI is InChI=1S/C30H34N8O2.C27H35N7O2.C27H31N7O2.C26H30N8O2/c1-7-27(39)32-22-16-23(26(40-6)17-25(22)37(4)15-14-36(2)3)33-30-34-28(20-12-13-31-29(20)35-30)21-18-38(5)24-11-9-8-10-19(21)24;2*1-6-24(35)29-20-16-21(23(36-5)17-22(20)34(4)15-14-33(2)3)30-27-31-25(18-10-8-7-9-11-18)19-12-13-28-26(19)32-27;1-6-23(35)29-19-14-20(22(36-5)15-21(19)34(4)13-12-33(2)3)30-26-31-24(17-8-7-10-27-16-17)18-9-11-28-25(18)32-26/h7-13,16-18H,1,14-15H2,2-6H3,(H,32,39)(H2,31,33,34,35);6,10,12-13,16-17H,1,7-9,11,14-15H2,2-5H3,(H,29,35)(H2,28,30,31,32);6-13,16-17H,1,14-15H2,2-5H3,(H,29,35)(H2,28,30,31,32);6-11,14-16H,1,12-13H2,2-5H3,(H,29,35)(H2,28,30,31,32). The third-order valence-corrected chi connectivity index (χ3v) is 24.6. The molecule has 0 saturated heterocycles. The van der Waals surface area contributed by atoms with Crippen LogP contribution in [0, 0.1) is 0 Å². The van der Waals surface area contributed by atoms with E-state index in [1.807, 2.05) is 244 Å². The van der Waals surface area contributed by atoms with Gasteiger partial charge in [-0.2, -0.15) is 19.9 Å². The van der Waals surface area contributed by atoms with Crippen LogP contribution in [-0.2, 0) is 26.2 Å². The Hall–Kier alpha value is -17.5. The number of aromatic amines is 4. The summed E-state index contributed by atoms with van der Waals surface area (Å²) in [5, 5.41) is 29.8. The van der Waals surface area contributed by atoms with Crippen molar-refractivity contribution in [2.45, 2.75) is 25.7 Å². The molecule has 0 bridgehead atoms. The molecular formula is C110H130N30O8. The number of hydrogen-bond acceptors (Lipinski definition) is 29. The van der Waals surface area contributed by atoms with Crippen molar-refractivity contribution >= 4 is 176 Å². The number of nitrogens with one attached hydrogen (secondary N) is 12. The van der Waals surface area contributed by atoms with E-state index >= 15 is 0 Å². The van der Waals surface area contributed by atoms with E-state index in [2.05, 4.69) is 172 Å². The van der Waals surface area contributed by atoms with Crippen molar-refractivity contribution in [3.8, 4) is 56.8 Å². The SMILES string of the molecule is C=CC(=O)Nc1cc(Nc2nc(-c3ccccc3)c3cc[nH]c3n2)c(OC)cc1N(C)CCN(C)C.C=CC(=O)Nc1cc(Nc2nc(-c3cccnc3)c3cc[nH]c3n2)c(OC)cc1N(C)CCN(C)C.C=CC(=O)Nc1cc(Nc2nc(-c3cn(C)c4ccccc34)c3cc[nH]c3n2)c(OC)cc1N(C)CCN(C)C.C=CC(=O)Nc1cc(Nc2nc(C3=CCCCC3)c3cc[nH]c3n2)c(OC)cc1N(C)CCN(C)C. The molecule has 0 radical (unpaired) electrons. The molecule has 1 aliphatic rings. The Bertz CT molecular complexity index is 7240. The maximum absolute atomic E-state index is 12.3. The van der Waals surface area contributed by atoms with Crippen LogP contribution in [0.4, 0.5) is 92.0 Å². The molecule has 38 heteroatoms. The number of ether oxygens (including phenoxy) is 4. The lowest BCUT2D eigenvalue weighted by Gasteiger charge is -2.26. The molecule has 16 aromatic rings. The summed E-state index contributed by atoms with van der Waals surface area (Å²) in [6.07, 6.45) is 24.7. The van der Waals surface area contributed by atoms with Crippen molar-refractivity contribution in [2.24, 2.45) is 7.05 Å². The number of carbonyl (C=O) groups excluding carboxylic acids is 4. The first kappa shape index (κ1) is 106. The number of rotatable bonds is 40. The van der Waals surface area contributed by atoms with Crippen LogP contribution in [0.5, 0.6) is 23.0 Å². The topological polar surface area (TPSA) is 411 Å². The summed E-state index contributed by atoms with van der Waals surface area (Å²) in [5.41, 5.74) is 19.7. The fraction of sp³-hybridized carbons (Fsp3) is 0.264. The lowest BCUT2D eigenvalue weighted by atomic mass is 9.96. The molecule has 148 heavy (non-hydrogen) atoms. The van der Waals surface area contributed by atoms with Crippen LogP contribution in [0.3, 0.4) is 0 Å². The number of anilines is 16. The van der Waals surface area contributed by atoms with Crippen molar-refractivity contribution in [1.29, 1.82) is 0 Å². The third kappa shape index (κ3) is 26.4. The van der Waals surface area contributed by atoms with Gasteiger partial charge in [-0.15, -0.1) is 0 Å². The number of aromatic nitrogens is 14. The molecule has 10 aromatic heterocycles. The lowest BCUT2D eigenvalue weighted by molar-refractivity contribution is -0.112. The van der Waals surface area contributed by atoms with Gasteiger partial charge in [0.1, 0.15) is 45.6 Å². The summed E-state index contributed by atoms with van der Waals surface area (Å²) in [4.78, 5) is 121. The summed E-state index contributed by atoms with van der Waals surface area (Å²) in [6, 6.07) is 44.8. The van der Waals surface area contributed by atoms with Gasteiger partial charge in [-0.1, -0.05) is 80.9 Å². The summed E-state index contributed by atoms with van der Waals surface area (Å²) in [5.74, 6) is 2.80. The Morgan fingerprint density at radius 1 is 0.365 bits per heavy atom. The number of aryl methyl sites for hydroxylation is 1. The van der Waals surface area contributed by atoms with E-state index in [1.54, 1.807) is 40.8 Å². The quantitative estimate of drug-likeness (QED) is 0.0159. The van der Waals surface area contributed by atoms with Gasteiger partial charge in [0, 0.05) is 204 Å². The maximum atomic E-state index is 12.3. The van der Waals surface area contributed by atoms with Crippen LogP contribution < -0.4 is 81.1 Å². The molecule has 0 atom stereocenters. The van der Waals surface area contributed by atoms with Crippen molar-refractivity contribution in [3.63, 3.8) is 0 Å². The second kappa shape index (κ2) is 49.7. The van der Waals surface area contributed by atoms with Crippen molar-refractivity contribution in [1.82, 2.24) is 89.0 Å². The molecule has 6 aromatic carbocycles. The predicted octanol–water partition coefficient (Wildman–Crippen LogP) is 18.2. The van der Waals surface area contributed by atoms with E-state index in [0.29, 0.717) is 109 Å². The molecule has 38 nitrogen and oxygen atoms in total. The average Bonchev–Trinajstić information content (AvgIpc) is 1.59. The maximum Gasteiger partial charge on any atom is 0.247 e. The first-order valence-corrected chi connectivity index (χ1v) is 48.2. The summed E-state index contributed by atoms with van der Waals surface area (Å²) in [7, 11) is 32.6. The first-order valence-electron chi connectivity index (χ1n) is 48.2. The van der Waals surface area contributed by atoms with Crippen LogP contribution in [-0.4, -0.2) is 278 Å². The van der Waals surface area contributed by atoms with E-state index in [9.17, 15) is 19.2 Å². The molecule has 768 valence electrons. The Kier molecular flexibility index (Phi) is 35.7. The van der Waals surface area contributed by atoms with Crippen LogP contribution in [0.2, 0.25) is 0 Å². The number of hydrogen-bond donors (Lipinski definition) is 12. The highest BCUT2D eigenvalue weighted by atomic mass is 16.5. The number of nitrogens with zero attached hydrogens (tertiary/aromatic N) is 18. The Labute approximate surface area is 860 Å². The second-order valence-electron chi connectivity index (χ2n) is 36.2. The van der Waals surface area contributed by atoms with E-state index in [-0.39, 0.29) is 23.6 Å². The summed E-state index contributed by atoms with van der Waals surface area (Å²) in [6.45, 7) is 20.8. The van der Waals surface area contributed by atoms with E-state index in [1.165, 1.54) is 36.3 Å². The number of carbonyl (C=O) groups is 4. The fourth-order valence-electron chi connectivity index (χ4n) is 16.7. The number of amides is 4. The normalized spacial score (nSPS) is 11.6. The monoisotopic (exact) mass is 2000 g/mol. The lowest BCUT2D eigenvalue weighted by Crippen LogP contribution is -2.29. The highest BCUT2D eigenvalue weighted by Gasteiger charge is 2.27. The number of para-hydroxylation sites is 1. The van der Waals surface area contributed by atoms with Gasteiger partial charge in [-0.05, 0) is 179 Å². The molecule has 0 fully saturated rings. The van der Waals surface area contributed by atoms with Crippen LogP contribution in [0.1, 0.15) is 31.4 Å². The second-order valence-corrected chi connectivity index (χ2v) is 36.2. The van der Waals surface area contributed by atoms with Gasteiger partial charge in [0.05, 0.1) is 119 Å². The van der Waals surface area contributed by atoms with Crippen LogP contribution >= 0.6 is 0 Å². The molecule has 17 rings (SSSR count). The number of benzene rings is 6. The minimum atomic E-state index is -0.309. The highest BCUT2D eigenvalue weighted by Crippen LogP contribution is 2.46. The molecule has 1 aliphatic carbocycles. The molecule has 0 unspecified atom stereocenters. The number of allylic oxidation sites excluding steroid dienone is 2. The molecule has 12 N–H and O–H groups in total. The predicted molar refractivity (Wildman–Crippen MR) is 600 cm³/mol. The Morgan fingerprint density at radius 2 is 0.689 bits per heavy atom. The van der Waals surface area contributed by atoms with Gasteiger partial charge >= 0.3 is 0 Å². The van der Waals surface area contributed by atoms with Crippen LogP contribution in [0.25, 0.3) is 94.4 Å². The summed E-state index contributed by atoms with van der Waals surface area (Å²) >= 11 is 0. The van der Waals surface area contributed by atoms with Gasteiger partial charge in [-0.3, -0.25) is 24.2 Å². The average molecular weight is 2000 g/mol.